The minimum Gasteiger partial charge on any atom is -0.456 e. The SMILES string of the molecule is C=CCc1c(Oc2ccccc2S(=O)(=O)O)cccc1S(=O)(=O)O. The number of benzene rings is 2. The van der Waals surface area contributed by atoms with Gasteiger partial charge in [0.25, 0.3) is 20.2 Å². The maximum Gasteiger partial charge on any atom is 0.298 e. The molecule has 0 radical (unpaired) electrons. The molecule has 128 valence electrons. The monoisotopic (exact) mass is 370 g/mol. The second-order valence-corrected chi connectivity index (χ2v) is 7.50. The highest BCUT2D eigenvalue weighted by atomic mass is 32.2. The molecule has 0 amide bonds. The van der Waals surface area contributed by atoms with Crippen molar-refractivity contribution >= 4 is 20.2 Å². The Morgan fingerprint density at radius 2 is 1.42 bits per heavy atom. The quantitative estimate of drug-likeness (QED) is 0.593. The van der Waals surface area contributed by atoms with E-state index in [0.717, 1.165) is 6.07 Å². The van der Waals surface area contributed by atoms with Gasteiger partial charge in [-0.05, 0) is 30.7 Å². The molecular formula is C15H14O7S2. The van der Waals surface area contributed by atoms with Crippen molar-refractivity contribution in [2.75, 3.05) is 0 Å². The molecule has 0 aromatic heterocycles. The summed E-state index contributed by atoms with van der Waals surface area (Å²) in [4.78, 5) is -0.837. The minimum atomic E-state index is -4.53. The predicted octanol–water partition coefficient (Wildman–Crippen LogP) is 2.70. The molecule has 2 aromatic rings. The summed E-state index contributed by atoms with van der Waals surface area (Å²) in [7, 11) is -9.03. The number of hydrogen-bond acceptors (Lipinski definition) is 5. The third-order valence-electron chi connectivity index (χ3n) is 3.06. The van der Waals surface area contributed by atoms with Gasteiger partial charge in [0.1, 0.15) is 21.3 Å². The maximum absolute atomic E-state index is 11.5. The van der Waals surface area contributed by atoms with Crippen LogP contribution >= 0.6 is 0 Å². The second kappa shape index (κ2) is 6.73. The highest BCUT2D eigenvalue weighted by Gasteiger charge is 2.21. The van der Waals surface area contributed by atoms with E-state index in [9.17, 15) is 25.9 Å². The molecule has 9 heteroatoms. The van der Waals surface area contributed by atoms with E-state index in [1.807, 2.05) is 0 Å². The number of para-hydroxylation sites is 1. The lowest BCUT2D eigenvalue weighted by Gasteiger charge is -2.14. The molecular weight excluding hydrogens is 356 g/mol. The summed E-state index contributed by atoms with van der Waals surface area (Å²) in [6.07, 6.45) is 1.46. The summed E-state index contributed by atoms with van der Waals surface area (Å²) < 4.78 is 69.8. The summed E-state index contributed by atoms with van der Waals surface area (Å²) in [6, 6.07) is 9.27. The van der Waals surface area contributed by atoms with Gasteiger partial charge >= 0.3 is 0 Å². The molecule has 0 saturated carbocycles. The van der Waals surface area contributed by atoms with Crippen LogP contribution in [0.2, 0.25) is 0 Å². The largest absolute Gasteiger partial charge is 0.456 e. The van der Waals surface area contributed by atoms with Gasteiger partial charge in [0.05, 0.1) is 0 Å². The van der Waals surface area contributed by atoms with Gasteiger partial charge in [-0.3, -0.25) is 9.11 Å². The zero-order chi connectivity index (χ0) is 18.0. The molecule has 0 fully saturated rings. The zero-order valence-electron chi connectivity index (χ0n) is 12.3. The van der Waals surface area contributed by atoms with E-state index in [2.05, 4.69) is 6.58 Å². The molecule has 0 aliphatic rings. The molecule has 0 spiro atoms. The van der Waals surface area contributed by atoms with E-state index in [1.165, 1.54) is 42.5 Å². The van der Waals surface area contributed by atoms with Crippen LogP contribution < -0.4 is 4.74 Å². The Morgan fingerprint density at radius 3 is 2.00 bits per heavy atom. The van der Waals surface area contributed by atoms with Crippen molar-refractivity contribution in [3.8, 4) is 11.5 Å². The average Bonchev–Trinajstić information content (AvgIpc) is 2.47. The highest BCUT2D eigenvalue weighted by molar-refractivity contribution is 7.86. The smallest absolute Gasteiger partial charge is 0.298 e. The first-order valence-corrected chi connectivity index (χ1v) is 9.47. The molecule has 7 nitrogen and oxygen atoms in total. The summed E-state index contributed by atoms with van der Waals surface area (Å²) in [5.41, 5.74) is 0.111. The topological polar surface area (TPSA) is 118 Å². The fourth-order valence-corrected chi connectivity index (χ4v) is 3.45. The van der Waals surface area contributed by atoms with E-state index in [1.54, 1.807) is 0 Å². The van der Waals surface area contributed by atoms with Gasteiger partial charge in [0.2, 0.25) is 0 Å². The van der Waals surface area contributed by atoms with Crippen molar-refractivity contribution in [1.29, 1.82) is 0 Å². The van der Waals surface area contributed by atoms with Crippen molar-refractivity contribution in [2.24, 2.45) is 0 Å². The van der Waals surface area contributed by atoms with Crippen molar-refractivity contribution in [3.05, 3.63) is 60.7 Å². The Morgan fingerprint density at radius 1 is 0.875 bits per heavy atom. The van der Waals surface area contributed by atoms with Gasteiger partial charge in [-0.25, -0.2) is 0 Å². The van der Waals surface area contributed by atoms with Crippen LogP contribution in [0, 0.1) is 0 Å². The van der Waals surface area contributed by atoms with Crippen molar-refractivity contribution in [3.63, 3.8) is 0 Å². The molecule has 0 heterocycles. The molecule has 2 rings (SSSR count). The Balaban J connectivity index is 2.62. The number of hydrogen-bond donors (Lipinski definition) is 2. The van der Waals surface area contributed by atoms with Crippen LogP contribution in [-0.4, -0.2) is 25.9 Å². The molecule has 0 aliphatic carbocycles. The van der Waals surface area contributed by atoms with Gasteiger partial charge in [-0.1, -0.05) is 24.3 Å². The van der Waals surface area contributed by atoms with E-state index in [-0.39, 0.29) is 28.4 Å². The van der Waals surface area contributed by atoms with Crippen LogP contribution in [0.3, 0.4) is 0 Å². The minimum absolute atomic E-state index is 0.0149. The zero-order valence-corrected chi connectivity index (χ0v) is 13.9. The molecule has 0 bridgehead atoms. The first-order valence-electron chi connectivity index (χ1n) is 6.59. The summed E-state index contributed by atoms with van der Waals surface area (Å²) in [6.45, 7) is 3.52. The molecule has 2 N–H and O–H groups in total. The Bertz CT molecular complexity index is 977. The van der Waals surface area contributed by atoms with Crippen molar-refractivity contribution in [2.45, 2.75) is 16.2 Å². The van der Waals surface area contributed by atoms with E-state index >= 15 is 0 Å². The lowest BCUT2D eigenvalue weighted by molar-refractivity contribution is 0.443. The first kappa shape index (κ1) is 18.1. The molecule has 2 aromatic carbocycles. The number of ether oxygens (including phenoxy) is 1. The van der Waals surface area contributed by atoms with Crippen molar-refractivity contribution < 1.29 is 30.7 Å². The van der Waals surface area contributed by atoms with Crippen molar-refractivity contribution in [1.82, 2.24) is 0 Å². The predicted molar refractivity (Wildman–Crippen MR) is 86.5 cm³/mol. The van der Waals surface area contributed by atoms with Gasteiger partial charge < -0.3 is 4.74 Å². The number of rotatable bonds is 6. The Labute approximate surface area is 139 Å². The van der Waals surface area contributed by atoms with Crippen LogP contribution in [0.25, 0.3) is 0 Å². The molecule has 24 heavy (non-hydrogen) atoms. The molecule has 0 atom stereocenters. The van der Waals surface area contributed by atoms with Gasteiger partial charge in [-0.2, -0.15) is 16.8 Å². The fraction of sp³-hybridized carbons (Fsp3) is 0.0667. The Kier molecular flexibility index (Phi) is 5.09. The first-order chi connectivity index (χ1) is 11.1. The van der Waals surface area contributed by atoms with E-state index in [4.69, 9.17) is 4.74 Å². The van der Waals surface area contributed by atoms with Crippen LogP contribution in [0.1, 0.15) is 5.56 Å². The summed E-state index contributed by atoms with van der Waals surface area (Å²) in [5, 5.41) is 0. The molecule has 0 saturated heterocycles. The van der Waals surface area contributed by atoms with E-state index < -0.39 is 25.1 Å². The third kappa shape index (κ3) is 4.01. The Hall–Kier alpha value is -2.20. The lowest BCUT2D eigenvalue weighted by atomic mass is 10.1. The van der Waals surface area contributed by atoms with Crippen LogP contribution in [0.5, 0.6) is 11.5 Å². The fourth-order valence-electron chi connectivity index (χ4n) is 2.09. The standard InChI is InChI=1S/C15H14O7S2/c1-2-6-11-12(8-5-10-14(11)23(16,17)18)22-13-7-3-4-9-15(13)24(19,20)21/h2-5,7-10H,1,6H2,(H,16,17,18)(H,19,20,21). The normalized spacial score (nSPS) is 11.9. The lowest BCUT2D eigenvalue weighted by Crippen LogP contribution is -2.06. The van der Waals surface area contributed by atoms with Gasteiger partial charge in [0.15, 0.2) is 0 Å². The maximum atomic E-state index is 11.5. The van der Waals surface area contributed by atoms with Gasteiger partial charge in [0, 0.05) is 5.56 Å². The molecule has 0 aliphatic heterocycles. The van der Waals surface area contributed by atoms with Gasteiger partial charge in [-0.15, -0.1) is 6.58 Å². The molecule has 0 unspecified atom stereocenters. The average molecular weight is 370 g/mol. The number of allylic oxidation sites excluding steroid dienone is 1. The van der Waals surface area contributed by atoms with E-state index in [0.29, 0.717) is 0 Å². The highest BCUT2D eigenvalue weighted by Crippen LogP contribution is 2.33. The summed E-state index contributed by atoms with van der Waals surface area (Å²) in [5.74, 6) is -0.168. The second-order valence-electron chi connectivity index (χ2n) is 4.72. The summed E-state index contributed by atoms with van der Waals surface area (Å²) >= 11 is 0. The van der Waals surface area contributed by atoms with Crippen LogP contribution in [0.4, 0.5) is 0 Å². The van der Waals surface area contributed by atoms with Crippen LogP contribution in [0.15, 0.2) is 64.9 Å². The third-order valence-corrected chi connectivity index (χ3v) is 4.89. The van der Waals surface area contributed by atoms with Crippen LogP contribution in [-0.2, 0) is 26.7 Å².